The fraction of sp³-hybridized carbons (Fsp3) is 0.429. The molecule has 0 saturated heterocycles. The van der Waals surface area contributed by atoms with Gasteiger partial charge in [-0.15, -0.1) is 0 Å². The maximum Gasteiger partial charge on any atom is 0.290 e. The van der Waals surface area contributed by atoms with Crippen LogP contribution in [-0.2, 0) is 20.9 Å². The van der Waals surface area contributed by atoms with E-state index in [9.17, 15) is 9.59 Å². The normalized spacial score (nSPS) is 24.4. The van der Waals surface area contributed by atoms with Gasteiger partial charge < -0.3 is 28.6 Å². The van der Waals surface area contributed by atoms with Gasteiger partial charge in [-0.05, 0) is 61.6 Å². The Kier molecular flexibility index (Phi) is 5.74. The lowest BCUT2D eigenvalue weighted by atomic mass is 9.77. The average molecular weight is 492 g/mol. The van der Waals surface area contributed by atoms with Crippen LogP contribution in [0.5, 0.6) is 23.0 Å². The molecule has 0 radical (unpaired) electrons. The van der Waals surface area contributed by atoms with Crippen LogP contribution in [0.15, 0.2) is 47.7 Å². The molecule has 3 unspecified atom stereocenters. The first-order valence-corrected chi connectivity index (χ1v) is 12.5. The standard InChI is InChI=1S/C28H29NO7/c1-3-33-20-11-9-17(13-22(20)32-2)25-24-26(30)18-6-4-5-7-19(18)36-27(24)28(31)29(25)14-16-8-10-21-23(12-16)35-15-34-21/h8-13,18-19,25H,3-7,14-15H2,1-2H3. The highest BCUT2D eigenvalue weighted by molar-refractivity contribution is 6.11. The van der Waals surface area contributed by atoms with E-state index in [4.69, 9.17) is 23.7 Å². The summed E-state index contributed by atoms with van der Waals surface area (Å²) < 4.78 is 28.5. The molecule has 3 heterocycles. The van der Waals surface area contributed by atoms with Gasteiger partial charge in [0.15, 0.2) is 34.5 Å². The Labute approximate surface area is 209 Å². The molecular formula is C28H29NO7. The zero-order chi connectivity index (χ0) is 24.8. The lowest BCUT2D eigenvalue weighted by Gasteiger charge is -2.35. The van der Waals surface area contributed by atoms with Crippen molar-refractivity contribution in [1.29, 1.82) is 0 Å². The van der Waals surface area contributed by atoms with Gasteiger partial charge in [-0.2, -0.15) is 0 Å². The van der Waals surface area contributed by atoms with E-state index in [1.807, 2.05) is 43.3 Å². The van der Waals surface area contributed by atoms with Crippen molar-refractivity contribution in [3.05, 3.63) is 58.9 Å². The lowest BCUT2D eigenvalue weighted by Crippen LogP contribution is -2.39. The van der Waals surface area contributed by atoms with Gasteiger partial charge in [0.25, 0.3) is 5.91 Å². The molecule has 2 aromatic rings. The molecule has 36 heavy (non-hydrogen) atoms. The van der Waals surface area contributed by atoms with Gasteiger partial charge in [-0.1, -0.05) is 18.6 Å². The second-order valence-electron chi connectivity index (χ2n) is 9.52. The first-order chi connectivity index (χ1) is 17.6. The van der Waals surface area contributed by atoms with E-state index in [2.05, 4.69) is 0 Å². The molecule has 8 nitrogen and oxygen atoms in total. The van der Waals surface area contributed by atoms with Crippen LogP contribution in [-0.4, -0.2) is 43.2 Å². The first-order valence-electron chi connectivity index (χ1n) is 12.5. The summed E-state index contributed by atoms with van der Waals surface area (Å²) in [4.78, 5) is 29.3. The minimum atomic E-state index is -0.585. The summed E-state index contributed by atoms with van der Waals surface area (Å²) in [6.45, 7) is 2.87. The number of methoxy groups -OCH3 is 1. The maximum atomic E-state index is 13.8. The van der Waals surface area contributed by atoms with Crippen molar-refractivity contribution in [2.75, 3.05) is 20.5 Å². The van der Waals surface area contributed by atoms with E-state index >= 15 is 0 Å². The summed E-state index contributed by atoms with van der Waals surface area (Å²) in [6, 6.07) is 10.6. The predicted molar refractivity (Wildman–Crippen MR) is 129 cm³/mol. The number of ether oxygens (including phenoxy) is 5. The summed E-state index contributed by atoms with van der Waals surface area (Å²) in [6.07, 6.45) is 3.36. The molecule has 1 aliphatic carbocycles. The van der Waals surface area contributed by atoms with Gasteiger partial charge in [0, 0.05) is 6.54 Å². The molecule has 6 rings (SSSR count). The van der Waals surface area contributed by atoms with Gasteiger partial charge in [0.2, 0.25) is 6.79 Å². The third-order valence-corrected chi connectivity index (χ3v) is 7.45. The van der Waals surface area contributed by atoms with Crippen molar-refractivity contribution in [2.24, 2.45) is 5.92 Å². The molecule has 8 heteroatoms. The largest absolute Gasteiger partial charge is 0.493 e. The molecule has 4 aliphatic rings. The number of benzene rings is 2. The topological polar surface area (TPSA) is 83.5 Å². The van der Waals surface area contributed by atoms with E-state index in [0.29, 0.717) is 35.2 Å². The van der Waals surface area contributed by atoms with Gasteiger partial charge >= 0.3 is 0 Å². The van der Waals surface area contributed by atoms with Crippen LogP contribution >= 0.6 is 0 Å². The van der Waals surface area contributed by atoms with Gasteiger partial charge in [0.1, 0.15) is 6.10 Å². The van der Waals surface area contributed by atoms with Crippen LogP contribution in [0.3, 0.4) is 0 Å². The molecule has 3 atom stereocenters. The Morgan fingerprint density at radius 3 is 2.67 bits per heavy atom. The third-order valence-electron chi connectivity index (χ3n) is 7.45. The minimum absolute atomic E-state index is 0.0281. The molecule has 0 N–H and O–H groups in total. The van der Waals surface area contributed by atoms with Crippen molar-refractivity contribution in [1.82, 2.24) is 4.90 Å². The zero-order valence-corrected chi connectivity index (χ0v) is 20.5. The van der Waals surface area contributed by atoms with Crippen LogP contribution in [0.25, 0.3) is 0 Å². The molecule has 188 valence electrons. The van der Waals surface area contributed by atoms with Gasteiger partial charge in [-0.3, -0.25) is 9.59 Å². The number of carbonyl (C=O) groups is 2. The summed E-state index contributed by atoms with van der Waals surface area (Å²) >= 11 is 0. The second kappa shape index (κ2) is 9.08. The number of hydrogen-bond donors (Lipinski definition) is 0. The van der Waals surface area contributed by atoms with Crippen LogP contribution in [0.2, 0.25) is 0 Å². The van der Waals surface area contributed by atoms with E-state index in [0.717, 1.165) is 36.8 Å². The number of rotatable bonds is 6. The molecular weight excluding hydrogens is 462 g/mol. The Balaban J connectivity index is 1.42. The summed E-state index contributed by atoms with van der Waals surface area (Å²) in [5.74, 6) is 2.25. The molecule has 0 bridgehead atoms. The maximum absolute atomic E-state index is 13.8. The molecule has 2 aromatic carbocycles. The van der Waals surface area contributed by atoms with Crippen LogP contribution in [0, 0.1) is 5.92 Å². The number of hydrogen-bond acceptors (Lipinski definition) is 7. The van der Waals surface area contributed by atoms with Crippen LogP contribution in [0.1, 0.15) is 49.8 Å². The molecule has 3 aliphatic heterocycles. The lowest BCUT2D eigenvalue weighted by molar-refractivity contribution is -0.135. The third kappa shape index (κ3) is 3.67. The Morgan fingerprint density at radius 2 is 1.83 bits per heavy atom. The predicted octanol–water partition coefficient (Wildman–Crippen LogP) is 4.32. The Bertz CT molecular complexity index is 1250. The van der Waals surface area contributed by atoms with Crippen molar-refractivity contribution < 1.29 is 33.3 Å². The average Bonchev–Trinajstić information content (AvgIpc) is 3.47. The monoisotopic (exact) mass is 491 g/mol. The highest BCUT2D eigenvalue weighted by Gasteiger charge is 2.52. The molecule has 1 saturated carbocycles. The van der Waals surface area contributed by atoms with Crippen LogP contribution < -0.4 is 18.9 Å². The quantitative estimate of drug-likeness (QED) is 0.595. The Hall–Kier alpha value is -3.68. The van der Waals surface area contributed by atoms with Crippen molar-refractivity contribution in [2.45, 2.75) is 51.3 Å². The van der Waals surface area contributed by atoms with E-state index < -0.39 is 6.04 Å². The number of fused-ring (bicyclic) bond motifs is 2. The molecule has 0 spiro atoms. The molecule has 1 fully saturated rings. The fourth-order valence-electron chi connectivity index (χ4n) is 5.77. The van der Waals surface area contributed by atoms with Gasteiger partial charge in [-0.25, -0.2) is 0 Å². The summed E-state index contributed by atoms with van der Waals surface area (Å²) in [5.41, 5.74) is 2.11. The SMILES string of the molecule is CCOc1ccc(C2C3=C(OC4CCCCC4C3=O)C(=O)N2Cc2ccc3c(c2)OCO3)cc1OC. The van der Waals surface area contributed by atoms with Gasteiger partial charge in [0.05, 0.1) is 31.2 Å². The highest BCUT2D eigenvalue weighted by atomic mass is 16.7. The summed E-state index contributed by atoms with van der Waals surface area (Å²) in [7, 11) is 1.58. The summed E-state index contributed by atoms with van der Waals surface area (Å²) in [5, 5.41) is 0. The van der Waals surface area contributed by atoms with Crippen molar-refractivity contribution in [3.8, 4) is 23.0 Å². The first kappa shape index (κ1) is 22.8. The Morgan fingerprint density at radius 1 is 1.00 bits per heavy atom. The molecule has 1 amide bonds. The van der Waals surface area contributed by atoms with Crippen molar-refractivity contribution in [3.63, 3.8) is 0 Å². The zero-order valence-electron chi connectivity index (χ0n) is 20.5. The van der Waals surface area contributed by atoms with E-state index in [-0.39, 0.29) is 42.8 Å². The molecule has 0 aromatic heterocycles. The highest BCUT2D eigenvalue weighted by Crippen LogP contribution is 2.48. The number of ketones is 1. The van der Waals surface area contributed by atoms with E-state index in [1.165, 1.54) is 0 Å². The number of carbonyl (C=O) groups excluding carboxylic acids is 2. The van der Waals surface area contributed by atoms with Crippen LogP contribution in [0.4, 0.5) is 0 Å². The second-order valence-corrected chi connectivity index (χ2v) is 9.52. The number of amides is 1. The number of Topliss-reactive ketones (excluding diaryl/α,β-unsaturated/α-hetero) is 1. The van der Waals surface area contributed by atoms with Crippen molar-refractivity contribution >= 4 is 11.7 Å². The number of nitrogens with zero attached hydrogens (tertiary/aromatic N) is 1. The smallest absolute Gasteiger partial charge is 0.290 e. The minimum Gasteiger partial charge on any atom is -0.493 e. The fourth-order valence-corrected chi connectivity index (χ4v) is 5.77. The van der Waals surface area contributed by atoms with E-state index in [1.54, 1.807) is 12.0 Å².